The van der Waals surface area contributed by atoms with Crippen molar-refractivity contribution in [2.75, 3.05) is 67.2 Å². The molecule has 0 unspecified atom stereocenters. The lowest BCUT2D eigenvalue weighted by atomic mass is 10.1. The van der Waals surface area contributed by atoms with E-state index in [4.69, 9.17) is 19.7 Å². The van der Waals surface area contributed by atoms with Crippen LogP contribution >= 0.6 is 0 Å². The minimum absolute atomic E-state index is 0.0350. The van der Waals surface area contributed by atoms with Gasteiger partial charge in [-0.15, -0.1) is 0 Å². The third kappa shape index (κ3) is 5.76. The summed E-state index contributed by atoms with van der Waals surface area (Å²) in [5.41, 5.74) is 1.45. The van der Waals surface area contributed by atoms with Crippen molar-refractivity contribution in [1.82, 2.24) is 19.9 Å². The van der Waals surface area contributed by atoms with Crippen LogP contribution in [-0.4, -0.2) is 72.4 Å². The molecular formula is C26H30F3N7O. The van der Waals surface area contributed by atoms with Gasteiger partial charge in [-0.3, -0.25) is 0 Å². The normalized spacial score (nSPS) is 16.8. The predicted octanol–water partition coefficient (Wildman–Crippen LogP) is 4.07. The number of anilines is 3. The summed E-state index contributed by atoms with van der Waals surface area (Å²) in [5.74, 6) is 1.67. The van der Waals surface area contributed by atoms with Crippen LogP contribution in [0.15, 0.2) is 42.6 Å². The second-order valence-corrected chi connectivity index (χ2v) is 9.15. The first-order valence-corrected chi connectivity index (χ1v) is 12.6. The smallest absolute Gasteiger partial charge is 0.378 e. The molecule has 0 bridgehead atoms. The Morgan fingerprint density at radius 3 is 2.05 bits per heavy atom. The summed E-state index contributed by atoms with van der Waals surface area (Å²) in [6, 6.07) is 10.7. The molecule has 2 aromatic heterocycles. The van der Waals surface area contributed by atoms with Gasteiger partial charge in [0.05, 0.1) is 18.8 Å². The van der Waals surface area contributed by atoms with Crippen LogP contribution in [0.25, 0.3) is 11.4 Å². The number of hydrogen-bond donors (Lipinski definition) is 0. The van der Waals surface area contributed by atoms with E-state index in [0.29, 0.717) is 70.2 Å². The van der Waals surface area contributed by atoms with Gasteiger partial charge in [-0.05, 0) is 24.1 Å². The van der Waals surface area contributed by atoms with Crippen molar-refractivity contribution in [3.63, 3.8) is 0 Å². The van der Waals surface area contributed by atoms with Crippen LogP contribution in [0.1, 0.15) is 24.5 Å². The summed E-state index contributed by atoms with van der Waals surface area (Å²) in [4.78, 5) is 24.1. The van der Waals surface area contributed by atoms with E-state index in [9.17, 15) is 13.2 Å². The van der Waals surface area contributed by atoms with Crippen molar-refractivity contribution in [3.05, 3.63) is 53.7 Å². The van der Waals surface area contributed by atoms with Gasteiger partial charge in [-0.2, -0.15) is 28.1 Å². The topological polar surface area (TPSA) is 70.5 Å². The Morgan fingerprint density at radius 2 is 1.43 bits per heavy atom. The molecule has 0 atom stereocenters. The highest BCUT2D eigenvalue weighted by atomic mass is 19.4. The minimum Gasteiger partial charge on any atom is -0.378 e. The Balaban J connectivity index is 1.40. The van der Waals surface area contributed by atoms with E-state index >= 15 is 0 Å². The monoisotopic (exact) mass is 513 g/mol. The summed E-state index contributed by atoms with van der Waals surface area (Å²) in [6.45, 7) is 6.42. The molecule has 0 aliphatic carbocycles. The maximum Gasteiger partial charge on any atom is 0.419 e. The molecule has 8 nitrogen and oxygen atoms in total. The fraction of sp³-hybridized carbons (Fsp3) is 0.462. The van der Waals surface area contributed by atoms with Gasteiger partial charge in [-0.25, -0.2) is 4.98 Å². The third-order valence-corrected chi connectivity index (χ3v) is 6.61. The molecule has 4 heterocycles. The fourth-order valence-corrected chi connectivity index (χ4v) is 4.63. The molecule has 196 valence electrons. The van der Waals surface area contributed by atoms with Gasteiger partial charge in [0.2, 0.25) is 11.9 Å². The second-order valence-electron chi connectivity index (χ2n) is 9.15. The molecule has 2 saturated heterocycles. The van der Waals surface area contributed by atoms with Crippen molar-refractivity contribution in [2.24, 2.45) is 0 Å². The Labute approximate surface area is 214 Å². The zero-order chi connectivity index (χ0) is 25.8. The van der Waals surface area contributed by atoms with Crippen molar-refractivity contribution in [2.45, 2.75) is 25.9 Å². The van der Waals surface area contributed by atoms with Crippen LogP contribution in [-0.2, 0) is 17.3 Å². The summed E-state index contributed by atoms with van der Waals surface area (Å²) in [7, 11) is 0. The molecule has 0 N–H and O–H groups in total. The first-order valence-electron chi connectivity index (χ1n) is 12.6. The number of aryl methyl sites for hydroxylation is 1. The van der Waals surface area contributed by atoms with Crippen LogP contribution in [0, 0.1) is 0 Å². The lowest BCUT2D eigenvalue weighted by Gasteiger charge is -2.36. The van der Waals surface area contributed by atoms with Crippen molar-refractivity contribution in [1.29, 1.82) is 0 Å². The molecule has 0 radical (unpaired) electrons. The number of halogens is 3. The minimum atomic E-state index is -4.45. The number of benzene rings is 1. The van der Waals surface area contributed by atoms with Gasteiger partial charge >= 0.3 is 6.18 Å². The van der Waals surface area contributed by atoms with E-state index in [1.165, 1.54) is 17.8 Å². The standard InChI is InChI=1S/C26H30F3N7O/c1-2-4-19-6-8-20(9-7-19)22-31-24(33-25(32-22)36-15-17-37-18-16-36)35-13-11-34(12-14-35)23-21(26(27,28)29)5-3-10-30-23/h3,5-10H,2,4,11-18H2,1H3. The molecule has 11 heteroatoms. The van der Waals surface area contributed by atoms with Crippen molar-refractivity contribution >= 4 is 17.7 Å². The largest absolute Gasteiger partial charge is 0.419 e. The van der Waals surface area contributed by atoms with Gasteiger partial charge in [0.25, 0.3) is 0 Å². The van der Waals surface area contributed by atoms with Crippen LogP contribution in [0.2, 0.25) is 0 Å². The Hall–Kier alpha value is -3.47. The Bertz CT molecular complexity index is 1190. The number of nitrogens with zero attached hydrogens (tertiary/aromatic N) is 7. The van der Waals surface area contributed by atoms with Gasteiger partial charge in [0, 0.05) is 51.0 Å². The third-order valence-electron chi connectivity index (χ3n) is 6.61. The molecule has 2 aliphatic rings. The maximum absolute atomic E-state index is 13.5. The average Bonchev–Trinajstić information content (AvgIpc) is 2.93. The maximum atomic E-state index is 13.5. The lowest BCUT2D eigenvalue weighted by Crippen LogP contribution is -2.48. The van der Waals surface area contributed by atoms with Crippen LogP contribution in [0.5, 0.6) is 0 Å². The van der Waals surface area contributed by atoms with Crippen molar-refractivity contribution in [3.8, 4) is 11.4 Å². The number of ether oxygens (including phenoxy) is 1. The van der Waals surface area contributed by atoms with Crippen LogP contribution in [0.4, 0.5) is 30.9 Å². The van der Waals surface area contributed by atoms with Gasteiger partial charge in [0.15, 0.2) is 5.82 Å². The molecule has 0 saturated carbocycles. The molecule has 5 rings (SSSR count). The number of rotatable bonds is 6. The molecule has 0 spiro atoms. The summed E-state index contributed by atoms with van der Waals surface area (Å²) >= 11 is 0. The molecular weight excluding hydrogens is 483 g/mol. The van der Waals surface area contributed by atoms with E-state index in [1.54, 1.807) is 4.90 Å². The Kier molecular flexibility index (Phi) is 7.40. The molecule has 0 amide bonds. The van der Waals surface area contributed by atoms with E-state index < -0.39 is 11.7 Å². The number of hydrogen-bond acceptors (Lipinski definition) is 8. The van der Waals surface area contributed by atoms with E-state index in [0.717, 1.165) is 24.5 Å². The van der Waals surface area contributed by atoms with Crippen LogP contribution < -0.4 is 14.7 Å². The van der Waals surface area contributed by atoms with Gasteiger partial charge in [-0.1, -0.05) is 37.6 Å². The van der Waals surface area contributed by atoms with Gasteiger partial charge < -0.3 is 19.4 Å². The number of piperazine rings is 1. The highest BCUT2D eigenvalue weighted by molar-refractivity contribution is 5.59. The van der Waals surface area contributed by atoms with E-state index in [2.05, 4.69) is 28.9 Å². The SMILES string of the molecule is CCCc1ccc(-c2nc(N3CCOCC3)nc(N3CCN(c4ncccc4C(F)(F)F)CC3)n2)cc1. The summed E-state index contributed by atoms with van der Waals surface area (Å²) in [5, 5.41) is 0. The predicted molar refractivity (Wildman–Crippen MR) is 136 cm³/mol. The van der Waals surface area contributed by atoms with E-state index in [1.807, 2.05) is 17.0 Å². The van der Waals surface area contributed by atoms with Crippen LogP contribution in [0.3, 0.4) is 0 Å². The Morgan fingerprint density at radius 1 is 0.811 bits per heavy atom. The number of morpholine rings is 1. The molecule has 2 fully saturated rings. The highest BCUT2D eigenvalue weighted by Crippen LogP contribution is 2.35. The molecule has 1 aromatic carbocycles. The highest BCUT2D eigenvalue weighted by Gasteiger charge is 2.36. The number of aromatic nitrogens is 4. The number of alkyl halides is 3. The quantitative estimate of drug-likeness (QED) is 0.489. The van der Waals surface area contributed by atoms with Crippen molar-refractivity contribution < 1.29 is 17.9 Å². The van der Waals surface area contributed by atoms with E-state index in [-0.39, 0.29) is 5.82 Å². The molecule has 37 heavy (non-hydrogen) atoms. The zero-order valence-electron chi connectivity index (χ0n) is 20.8. The molecule has 2 aliphatic heterocycles. The fourth-order valence-electron chi connectivity index (χ4n) is 4.63. The zero-order valence-corrected chi connectivity index (χ0v) is 20.8. The number of pyridine rings is 1. The molecule has 3 aromatic rings. The first-order chi connectivity index (χ1) is 17.9. The summed E-state index contributed by atoms with van der Waals surface area (Å²) in [6.07, 6.45) is -0.969. The lowest BCUT2D eigenvalue weighted by molar-refractivity contribution is -0.137. The first kappa shape index (κ1) is 25.2. The second kappa shape index (κ2) is 10.9. The summed E-state index contributed by atoms with van der Waals surface area (Å²) < 4.78 is 46.1. The average molecular weight is 514 g/mol. The van der Waals surface area contributed by atoms with Gasteiger partial charge in [0.1, 0.15) is 5.82 Å².